The highest BCUT2D eigenvalue weighted by atomic mass is 79.9. The number of hydrogen-bond donors (Lipinski definition) is 2. The van der Waals surface area contributed by atoms with E-state index in [2.05, 4.69) is 43.8 Å². The zero-order chi connectivity index (χ0) is 21.2. The van der Waals surface area contributed by atoms with Crippen molar-refractivity contribution in [2.45, 2.75) is 6.54 Å². The van der Waals surface area contributed by atoms with Gasteiger partial charge in [-0.15, -0.1) is 0 Å². The SMILES string of the molecule is CNc1cccc(-c2c(Br)cnn2C)c1.COc1ccc(CNC=O)cc1OC. The monoisotopic (exact) mass is 460 g/mol. The minimum absolute atomic E-state index is 0.490. The molecule has 1 amide bonds. The van der Waals surface area contributed by atoms with Crippen LogP contribution in [0.25, 0.3) is 11.3 Å². The van der Waals surface area contributed by atoms with E-state index in [1.165, 1.54) is 0 Å². The number of rotatable bonds is 7. The second-order valence-electron chi connectivity index (χ2n) is 5.98. The lowest BCUT2D eigenvalue weighted by atomic mass is 10.1. The summed E-state index contributed by atoms with van der Waals surface area (Å²) in [6.07, 6.45) is 2.47. The lowest BCUT2D eigenvalue weighted by Crippen LogP contribution is -2.09. The molecule has 1 aromatic heterocycles. The molecule has 0 saturated carbocycles. The van der Waals surface area contributed by atoms with Crippen LogP contribution >= 0.6 is 15.9 Å². The van der Waals surface area contributed by atoms with E-state index in [0.717, 1.165) is 27.0 Å². The molecule has 0 bridgehead atoms. The average molecular weight is 461 g/mol. The van der Waals surface area contributed by atoms with Gasteiger partial charge in [0.1, 0.15) is 0 Å². The molecule has 0 radical (unpaired) electrons. The number of halogens is 1. The molecule has 8 heteroatoms. The maximum Gasteiger partial charge on any atom is 0.207 e. The molecule has 0 aliphatic carbocycles. The Bertz CT molecular complexity index is 924. The summed E-state index contributed by atoms with van der Waals surface area (Å²) in [6, 6.07) is 13.7. The summed E-state index contributed by atoms with van der Waals surface area (Å²) >= 11 is 3.50. The molecule has 0 spiro atoms. The van der Waals surface area contributed by atoms with Crippen LogP contribution in [-0.2, 0) is 18.4 Å². The Balaban J connectivity index is 0.000000208. The van der Waals surface area contributed by atoms with Gasteiger partial charge in [-0.2, -0.15) is 5.10 Å². The largest absolute Gasteiger partial charge is 0.493 e. The molecular formula is C21H25BrN4O3. The van der Waals surface area contributed by atoms with Gasteiger partial charge in [0.25, 0.3) is 0 Å². The predicted molar refractivity (Wildman–Crippen MR) is 118 cm³/mol. The van der Waals surface area contributed by atoms with Gasteiger partial charge in [0.05, 0.1) is 30.6 Å². The minimum Gasteiger partial charge on any atom is -0.493 e. The molecule has 7 nitrogen and oxygen atoms in total. The number of anilines is 1. The third-order valence-electron chi connectivity index (χ3n) is 4.16. The second-order valence-corrected chi connectivity index (χ2v) is 6.84. The summed E-state index contributed by atoms with van der Waals surface area (Å²) in [6.45, 7) is 0.490. The van der Waals surface area contributed by atoms with Crippen LogP contribution in [0.5, 0.6) is 11.5 Å². The Kier molecular flexibility index (Phi) is 8.54. The summed E-state index contributed by atoms with van der Waals surface area (Å²) in [7, 11) is 7.01. The van der Waals surface area contributed by atoms with Gasteiger partial charge in [-0.3, -0.25) is 9.48 Å². The first-order valence-corrected chi connectivity index (χ1v) is 9.67. The van der Waals surface area contributed by atoms with Crippen molar-refractivity contribution in [3.63, 3.8) is 0 Å². The van der Waals surface area contributed by atoms with E-state index in [9.17, 15) is 4.79 Å². The second kappa shape index (κ2) is 11.1. The number of aromatic nitrogens is 2. The standard InChI is InChI=1S/C11H12BrN3.C10H13NO3/c1-13-9-5-3-4-8(6-9)11-10(12)7-14-15(11)2;1-13-9-4-3-8(6-11-7-12)5-10(9)14-2/h3-7,13H,1-2H3;3-5,7H,6H2,1-2H3,(H,11,12). The van der Waals surface area contributed by atoms with Gasteiger partial charge >= 0.3 is 0 Å². The lowest BCUT2D eigenvalue weighted by molar-refractivity contribution is -0.109. The molecule has 3 rings (SSSR count). The number of hydrogen-bond acceptors (Lipinski definition) is 5. The topological polar surface area (TPSA) is 77.4 Å². The third-order valence-corrected chi connectivity index (χ3v) is 4.74. The Morgan fingerprint density at radius 1 is 1.14 bits per heavy atom. The lowest BCUT2D eigenvalue weighted by Gasteiger charge is -2.08. The van der Waals surface area contributed by atoms with Gasteiger partial charge in [0, 0.05) is 31.9 Å². The van der Waals surface area contributed by atoms with Crippen molar-refractivity contribution in [3.8, 4) is 22.8 Å². The Hall–Kier alpha value is -3.00. The number of ether oxygens (including phenoxy) is 2. The van der Waals surface area contributed by atoms with Gasteiger partial charge in [-0.05, 0) is 45.8 Å². The molecule has 29 heavy (non-hydrogen) atoms. The van der Waals surface area contributed by atoms with Crippen molar-refractivity contribution in [2.24, 2.45) is 7.05 Å². The molecule has 0 saturated heterocycles. The van der Waals surface area contributed by atoms with E-state index in [1.807, 2.05) is 43.0 Å². The highest BCUT2D eigenvalue weighted by Gasteiger charge is 2.08. The van der Waals surface area contributed by atoms with Crippen LogP contribution in [-0.4, -0.2) is 37.5 Å². The van der Waals surface area contributed by atoms with Crippen LogP contribution in [0.3, 0.4) is 0 Å². The fraction of sp³-hybridized carbons (Fsp3) is 0.238. The molecule has 0 aliphatic rings. The van der Waals surface area contributed by atoms with Crippen molar-refractivity contribution in [3.05, 3.63) is 58.7 Å². The Labute approximate surface area is 179 Å². The van der Waals surface area contributed by atoms with Crippen molar-refractivity contribution < 1.29 is 14.3 Å². The molecule has 154 valence electrons. The summed E-state index contributed by atoms with van der Waals surface area (Å²) in [5.41, 5.74) is 4.30. The highest BCUT2D eigenvalue weighted by molar-refractivity contribution is 9.10. The molecule has 3 aromatic rings. The van der Waals surface area contributed by atoms with E-state index in [0.29, 0.717) is 24.5 Å². The van der Waals surface area contributed by atoms with E-state index in [-0.39, 0.29) is 0 Å². The van der Waals surface area contributed by atoms with Crippen LogP contribution in [0.15, 0.2) is 53.1 Å². The zero-order valence-electron chi connectivity index (χ0n) is 16.9. The van der Waals surface area contributed by atoms with E-state index < -0.39 is 0 Å². The van der Waals surface area contributed by atoms with Gasteiger partial charge < -0.3 is 20.1 Å². The van der Waals surface area contributed by atoms with Gasteiger partial charge in [-0.1, -0.05) is 18.2 Å². The normalized spacial score (nSPS) is 9.83. The number of carbonyl (C=O) groups excluding carboxylic acids is 1. The summed E-state index contributed by atoms with van der Waals surface area (Å²) in [5, 5.41) is 9.90. The predicted octanol–water partition coefficient (Wildman–Crippen LogP) is 3.84. The van der Waals surface area contributed by atoms with Crippen LogP contribution < -0.4 is 20.1 Å². The average Bonchev–Trinajstić information content (AvgIpc) is 3.10. The van der Waals surface area contributed by atoms with Gasteiger partial charge in [0.15, 0.2) is 11.5 Å². The molecule has 0 unspecified atom stereocenters. The van der Waals surface area contributed by atoms with E-state index >= 15 is 0 Å². The van der Waals surface area contributed by atoms with Crippen molar-refractivity contribution in [2.75, 3.05) is 26.6 Å². The number of nitrogens with zero attached hydrogens (tertiary/aromatic N) is 2. The number of amides is 1. The highest BCUT2D eigenvalue weighted by Crippen LogP contribution is 2.29. The quantitative estimate of drug-likeness (QED) is 0.523. The minimum atomic E-state index is 0.490. The van der Waals surface area contributed by atoms with E-state index in [4.69, 9.17) is 9.47 Å². The zero-order valence-corrected chi connectivity index (χ0v) is 18.5. The number of methoxy groups -OCH3 is 2. The molecule has 0 aliphatic heterocycles. The molecule has 0 atom stereocenters. The van der Waals surface area contributed by atoms with Crippen molar-refractivity contribution in [1.29, 1.82) is 0 Å². The number of benzene rings is 2. The van der Waals surface area contributed by atoms with Crippen molar-refractivity contribution in [1.82, 2.24) is 15.1 Å². The van der Waals surface area contributed by atoms with Crippen LogP contribution in [0.2, 0.25) is 0 Å². The fourth-order valence-electron chi connectivity index (χ4n) is 2.71. The maximum atomic E-state index is 10.1. The van der Waals surface area contributed by atoms with Crippen LogP contribution in [0.4, 0.5) is 5.69 Å². The molecule has 2 aromatic carbocycles. The van der Waals surface area contributed by atoms with Crippen LogP contribution in [0.1, 0.15) is 5.56 Å². The first-order chi connectivity index (χ1) is 14.0. The fourth-order valence-corrected chi connectivity index (χ4v) is 3.28. The van der Waals surface area contributed by atoms with Gasteiger partial charge in [-0.25, -0.2) is 0 Å². The van der Waals surface area contributed by atoms with Gasteiger partial charge in [0.2, 0.25) is 6.41 Å². The first-order valence-electron chi connectivity index (χ1n) is 8.87. The molecule has 2 N–H and O–H groups in total. The molecule has 1 heterocycles. The van der Waals surface area contributed by atoms with Crippen LogP contribution in [0, 0.1) is 0 Å². The first kappa shape index (κ1) is 22.3. The smallest absolute Gasteiger partial charge is 0.207 e. The number of aryl methyl sites for hydroxylation is 1. The Morgan fingerprint density at radius 3 is 2.48 bits per heavy atom. The molecular weight excluding hydrogens is 436 g/mol. The van der Waals surface area contributed by atoms with E-state index in [1.54, 1.807) is 26.5 Å². The summed E-state index contributed by atoms with van der Waals surface area (Å²) in [4.78, 5) is 10.1. The summed E-state index contributed by atoms with van der Waals surface area (Å²) in [5.74, 6) is 1.35. The molecule has 0 fully saturated rings. The number of carbonyl (C=O) groups is 1. The summed E-state index contributed by atoms with van der Waals surface area (Å²) < 4.78 is 13.1. The Morgan fingerprint density at radius 2 is 1.90 bits per heavy atom. The van der Waals surface area contributed by atoms with Crippen molar-refractivity contribution >= 4 is 28.0 Å². The maximum absolute atomic E-state index is 10.1. The third kappa shape index (κ3) is 5.99. The number of nitrogens with one attached hydrogen (secondary N) is 2.